The van der Waals surface area contributed by atoms with Crippen molar-refractivity contribution in [3.63, 3.8) is 0 Å². The van der Waals surface area contributed by atoms with Crippen molar-refractivity contribution in [3.05, 3.63) is 12.2 Å². The lowest BCUT2D eigenvalue weighted by Crippen LogP contribution is -2.71. The Hall–Kier alpha value is -1.52. The van der Waals surface area contributed by atoms with Gasteiger partial charge in [-0.25, -0.2) is 0 Å². The van der Waals surface area contributed by atoms with Gasteiger partial charge < -0.3 is 31.1 Å². The van der Waals surface area contributed by atoms with Crippen LogP contribution in [0.4, 0.5) is 0 Å². The maximum Gasteiger partial charge on any atom is 0.237 e. The molecule has 9 nitrogen and oxygen atoms in total. The minimum absolute atomic E-state index is 0.168. The Balaban J connectivity index is 2.62. The van der Waals surface area contributed by atoms with Crippen molar-refractivity contribution in [1.82, 2.24) is 10.2 Å². The normalized spacial score (nSPS) is 21.0. The smallest absolute Gasteiger partial charge is 0.237 e. The molecule has 1 fully saturated rings. The number of aliphatic hydroxyl groups excluding tert-OH is 3. The molecule has 4 atom stereocenters. The van der Waals surface area contributed by atoms with Gasteiger partial charge in [-0.3, -0.25) is 14.5 Å². The number of hydrogen-bond acceptors (Lipinski definition) is 7. The molecular formula is C40H77N3O6. The van der Waals surface area contributed by atoms with Crippen LogP contribution in [0.1, 0.15) is 187 Å². The molecule has 0 aromatic heterocycles. The minimum Gasteiger partial charge on any atom is -0.394 e. The summed E-state index contributed by atoms with van der Waals surface area (Å²) in [4.78, 5) is 28.0. The van der Waals surface area contributed by atoms with E-state index in [9.17, 15) is 24.9 Å². The number of nitrogens with one attached hydrogen (secondary N) is 1. The Kier molecular flexibility index (Phi) is 28.0. The average molecular weight is 696 g/mol. The number of amides is 2. The van der Waals surface area contributed by atoms with Crippen LogP contribution in [0.5, 0.6) is 0 Å². The Morgan fingerprint density at radius 3 is 1.65 bits per heavy atom. The molecule has 288 valence electrons. The highest BCUT2D eigenvalue weighted by Gasteiger charge is 2.51. The maximum absolute atomic E-state index is 13.8. The molecule has 6 N–H and O–H groups in total. The molecule has 1 aliphatic heterocycles. The highest BCUT2D eigenvalue weighted by atomic mass is 16.6. The summed E-state index contributed by atoms with van der Waals surface area (Å²) in [7, 11) is 0. The fourth-order valence-electron chi connectivity index (χ4n) is 6.86. The second kappa shape index (κ2) is 30.1. The number of rotatable bonds is 32. The summed E-state index contributed by atoms with van der Waals surface area (Å²) < 4.78 is 6.10. The van der Waals surface area contributed by atoms with Crippen LogP contribution in [-0.4, -0.2) is 75.9 Å². The summed E-state index contributed by atoms with van der Waals surface area (Å²) in [5.41, 5.74) is 5.64. The molecule has 0 aromatic carbocycles. The van der Waals surface area contributed by atoms with Crippen LogP contribution in [-0.2, 0) is 14.3 Å². The van der Waals surface area contributed by atoms with Gasteiger partial charge in [-0.1, -0.05) is 148 Å². The lowest BCUT2D eigenvalue weighted by Gasteiger charge is -2.50. The number of nitrogens with two attached hydrogens (primary N) is 1. The number of carbonyl (C=O) groups excluding carboxylic acids is 2. The van der Waals surface area contributed by atoms with E-state index in [1.54, 1.807) is 0 Å². The van der Waals surface area contributed by atoms with Crippen molar-refractivity contribution in [2.75, 3.05) is 19.7 Å². The lowest BCUT2D eigenvalue weighted by molar-refractivity contribution is -0.280. The summed E-state index contributed by atoms with van der Waals surface area (Å²) in [5.74, 6) is -2.38. The van der Waals surface area contributed by atoms with Gasteiger partial charge in [0.15, 0.2) is 0 Å². The molecule has 2 amide bonds. The van der Waals surface area contributed by atoms with Crippen LogP contribution in [0.15, 0.2) is 12.2 Å². The summed E-state index contributed by atoms with van der Waals surface area (Å²) in [6, 6.07) is 0. The molecule has 9 heteroatoms. The van der Waals surface area contributed by atoms with Crippen molar-refractivity contribution in [2.24, 2.45) is 5.73 Å². The topological polar surface area (TPSA) is 145 Å². The van der Waals surface area contributed by atoms with Crippen LogP contribution >= 0.6 is 0 Å². The predicted molar refractivity (Wildman–Crippen MR) is 201 cm³/mol. The van der Waals surface area contributed by atoms with Crippen LogP contribution in [0.25, 0.3) is 0 Å². The first-order valence-electron chi connectivity index (χ1n) is 20.5. The second-order valence-electron chi connectivity index (χ2n) is 14.4. The van der Waals surface area contributed by atoms with Crippen molar-refractivity contribution in [3.8, 4) is 0 Å². The van der Waals surface area contributed by atoms with E-state index >= 15 is 0 Å². The van der Waals surface area contributed by atoms with Crippen LogP contribution in [0.3, 0.4) is 0 Å². The molecule has 0 spiro atoms. The molecule has 1 rings (SSSR count). The summed E-state index contributed by atoms with van der Waals surface area (Å²) in [6.45, 7) is 3.95. The van der Waals surface area contributed by atoms with Crippen molar-refractivity contribution in [2.45, 2.75) is 211 Å². The molecule has 1 aliphatic rings. The first-order chi connectivity index (χ1) is 23.8. The molecular weight excluding hydrogens is 618 g/mol. The first-order valence-corrected chi connectivity index (χ1v) is 20.5. The highest BCUT2D eigenvalue weighted by Crippen LogP contribution is 2.32. The van der Waals surface area contributed by atoms with E-state index in [1.165, 1.54) is 101 Å². The first kappa shape index (κ1) is 45.5. The average Bonchev–Trinajstić information content (AvgIpc) is 3.09. The number of hydrogen-bond donors (Lipinski definition) is 5. The number of carbonyl (C=O) groups is 2. The van der Waals surface area contributed by atoms with Gasteiger partial charge in [-0.2, -0.15) is 0 Å². The van der Waals surface area contributed by atoms with Gasteiger partial charge in [0, 0.05) is 19.4 Å². The fraction of sp³-hybridized carbons (Fsp3) is 0.900. The van der Waals surface area contributed by atoms with Gasteiger partial charge >= 0.3 is 0 Å². The second-order valence-corrected chi connectivity index (χ2v) is 14.4. The van der Waals surface area contributed by atoms with E-state index in [2.05, 4.69) is 31.3 Å². The Labute approximate surface area is 300 Å². The van der Waals surface area contributed by atoms with Gasteiger partial charge in [-0.15, -0.1) is 0 Å². The van der Waals surface area contributed by atoms with Crippen molar-refractivity contribution >= 4 is 11.8 Å². The SMILES string of the molecule is CCCCCCCC/C=C\CCCCCCCC(=O)N(CCCCCCCCCCCCCC)[C@@]1(NC(=O)CN)C[C@@H](O)[C@H](O)[C@@H](CO)O1. The number of ether oxygens (including phenoxy) is 1. The zero-order valence-electron chi connectivity index (χ0n) is 31.7. The van der Waals surface area contributed by atoms with Gasteiger partial charge in [-0.05, 0) is 38.5 Å². The van der Waals surface area contributed by atoms with Crippen molar-refractivity contribution in [1.29, 1.82) is 0 Å². The predicted octanol–water partition coefficient (Wildman–Crippen LogP) is 7.79. The quantitative estimate of drug-likeness (QED) is 0.0274. The van der Waals surface area contributed by atoms with Crippen LogP contribution < -0.4 is 11.1 Å². The molecule has 49 heavy (non-hydrogen) atoms. The largest absolute Gasteiger partial charge is 0.394 e. The van der Waals surface area contributed by atoms with Crippen LogP contribution in [0.2, 0.25) is 0 Å². The third kappa shape index (κ3) is 20.8. The molecule has 0 aliphatic carbocycles. The zero-order valence-corrected chi connectivity index (χ0v) is 31.7. The molecule has 0 aromatic rings. The molecule has 1 saturated heterocycles. The van der Waals surface area contributed by atoms with Crippen molar-refractivity contribution < 1.29 is 29.6 Å². The summed E-state index contributed by atoms with van der Waals surface area (Å²) in [5, 5.41) is 33.9. The van der Waals surface area contributed by atoms with Gasteiger partial charge in [0.25, 0.3) is 0 Å². The third-order valence-corrected chi connectivity index (χ3v) is 9.93. The van der Waals surface area contributed by atoms with Gasteiger partial charge in [0.2, 0.25) is 17.7 Å². The molecule has 0 saturated carbocycles. The summed E-state index contributed by atoms with van der Waals surface area (Å²) >= 11 is 0. The van der Waals surface area contributed by atoms with E-state index in [0.717, 1.165) is 64.2 Å². The highest BCUT2D eigenvalue weighted by molar-refractivity contribution is 5.81. The summed E-state index contributed by atoms with van der Waals surface area (Å²) in [6.07, 6.45) is 30.4. The standard InChI is InChI=1S/C40H77N3O6/c1-3-5-7-9-11-13-15-17-18-19-20-22-24-26-28-30-38(47)43(31-29-27-25-23-21-16-14-12-10-8-6-4-2)40(42-37(46)33-41)32-35(45)39(48)36(34-44)49-40/h17-18,35-36,39,44-45,48H,3-16,19-34,41H2,1-2H3,(H,42,46)/b18-17-/t35-,36-,39+,40+/m1/s1. The molecule has 1 heterocycles. The zero-order chi connectivity index (χ0) is 36.0. The maximum atomic E-state index is 13.8. The third-order valence-electron chi connectivity index (χ3n) is 9.93. The minimum atomic E-state index is -1.68. The number of allylic oxidation sites excluding steroid dienone is 2. The molecule has 0 radical (unpaired) electrons. The molecule has 0 unspecified atom stereocenters. The number of aliphatic hydroxyl groups is 3. The van der Waals surface area contributed by atoms with E-state index in [4.69, 9.17) is 10.5 Å². The van der Waals surface area contributed by atoms with E-state index in [1.807, 2.05) is 0 Å². The van der Waals surface area contributed by atoms with E-state index < -0.39 is 36.7 Å². The monoisotopic (exact) mass is 696 g/mol. The Morgan fingerprint density at radius 1 is 0.735 bits per heavy atom. The molecule has 0 bridgehead atoms. The fourth-order valence-corrected chi connectivity index (χ4v) is 6.86. The Bertz CT molecular complexity index is 843. The van der Waals surface area contributed by atoms with E-state index in [-0.39, 0.29) is 18.9 Å². The number of nitrogens with zero attached hydrogens (tertiary/aromatic N) is 1. The van der Waals surface area contributed by atoms with Gasteiger partial charge in [0.05, 0.1) is 19.3 Å². The van der Waals surface area contributed by atoms with E-state index in [0.29, 0.717) is 13.0 Å². The Morgan fingerprint density at radius 2 is 1.18 bits per heavy atom. The van der Waals surface area contributed by atoms with Crippen LogP contribution in [0, 0.1) is 0 Å². The number of unbranched alkanes of at least 4 members (excludes halogenated alkanes) is 22. The lowest BCUT2D eigenvalue weighted by atomic mass is 9.96. The van der Waals surface area contributed by atoms with Gasteiger partial charge in [0.1, 0.15) is 12.2 Å².